The summed E-state index contributed by atoms with van der Waals surface area (Å²) in [6.45, 7) is 0. The summed E-state index contributed by atoms with van der Waals surface area (Å²) in [5.41, 5.74) is 1.95. The highest BCUT2D eigenvalue weighted by molar-refractivity contribution is 8.00. The van der Waals surface area contributed by atoms with Crippen molar-refractivity contribution in [1.82, 2.24) is 0 Å². The summed E-state index contributed by atoms with van der Waals surface area (Å²) in [5, 5.41) is 5.72. The average Bonchev–Trinajstić information content (AvgIpc) is 2.73. The molecule has 3 rings (SSSR count). The molecule has 0 spiro atoms. The molecule has 0 atom stereocenters. The lowest BCUT2D eigenvalue weighted by atomic mass is 10.2. The highest BCUT2D eigenvalue weighted by atomic mass is 32.2. The lowest BCUT2D eigenvalue weighted by Crippen LogP contribution is -2.14. The number of carbonyl (C=O) groups is 2. The quantitative estimate of drug-likeness (QED) is 0.573. The highest BCUT2D eigenvalue weighted by Crippen LogP contribution is 2.23. The van der Waals surface area contributed by atoms with E-state index in [4.69, 9.17) is 4.74 Å². The van der Waals surface area contributed by atoms with Crippen LogP contribution in [0.1, 0.15) is 10.4 Å². The lowest BCUT2D eigenvalue weighted by molar-refractivity contribution is -0.113. The first-order valence-corrected chi connectivity index (χ1v) is 9.66. The van der Waals surface area contributed by atoms with E-state index in [0.29, 0.717) is 17.0 Å². The average molecular weight is 392 g/mol. The van der Waals surface area contributed by atoms with Gasteiger partial charge in [0.1, 0.15) is 5.75 Å². The van der Waals surface area contributed by atoms with Gasteiger partial charge in [0.05, 0.1) is 12.9 Å². The fourth-order valence-corrected chi connectivity index (χ4v) is 3.25. The molecular weight excluding hydrogens is 372 g/mol. The van der Waals surface area contributed by atoms with Gasteiger partial charge in [0.2, 0.25) is 5.91 Å². The number of benzene rings is 3. The molecule has 6 heteroatoms. The molecule has 0 aliphatic carbocycles. The summed E-state index contributed by atoms with van der Waals surface area (Å²) in [7, 11) is 1.56. The second kappa shape index (κ2) is 9.62. The number of rotatable bonds is 7. The van der Waals surface area contributed by atoms with Crippen LogP contribution in [0, 0.1) is 0 Å². The van der Waals surface area contributed by atoms with Crippen LogP contribution >= 0.6 is 11.8 Å². The Hall–Kier alpha value is -3.25. The largest absolute Gasteiger partial charge is 0.497 e. The van der Waals surface area contributed by atoms with Crippen molar-refractivity contribution in [3.8, 4) is 5.75 Å². The Kier molecular flexibility index (Phi) is 6.70. The number of methoxy groups -OCH3 is 1. The van der Waals surface area contributed by atoms with Gasteiger partial charge >= 0.3 is 0 Å². The van der Waals surface area contributed by atoms with Gasteiger partial charge < -0.3 is 15.4 Å². The van der Waals surface area contributed by atoms with Crippen molar-refractivity contribution < 1.29 is 14.3 Å². The maximum Gasteiger partial charge on any atom is 0.255 e. The van der Waals surface area contributed by atoms with Gasteiger partial charge in [-0.15, -0.1) is 11.8 Å². The van der Waals surface area contributed by atoms with Crippen molar-refractivity contribution >= 4 is 35.0 Å². The van der Waals surface area contributed by atoms with E-state index in [-0.39, 0.29) is 17.6 Å². The molecule has 0 saturated heterocycles. The van der Waals surface area contributed by atoms with Crippen LogP contribution in [0.5, 0.6) is 5.75 Å². The first-order valence-electron chi connectivity index (χ1n) is 8.67. The summed E-state index contributed by atoms with van der Waals surface area (Å²) in [4.78, 5) is 25.4. The Morgan fingerprint density at radius 2 is 1.61 bits per heavy atom. The van der Waals surface area contributed by atoms with E-state index in [1.165, 1.54) is 11.8 Å². The van der Waals surface area contributed by atoms with Crippen molar-refractivity contribution in [2.45, 2.75) is 4.90 Å². The maximum absolute atomic E-state index is 12.4. The molecule has 0 fully saturated rings. The second-order valence-corrected chi connectivity index (χ2v) is 6.97. The predicted molar refractivity (Wildman–Crippen MR) is 113 cm³/mol. The smallest absolute Gasteiger partial charge is 0.255 e. The van der Waals surface area contributed by atoms with E-state index < -0.39 is 0 Å². The van der Waals surface area contributed by atoms with Gasteiger partial charge in [-0.25, -0.2) is 0 Å². The highest BCUT2D eigenvalue weighted by Gasteiger charge is 2.09. The number of amides is 2. The molecule has 0 saturated carbocycles. The molecule has 0 aliphatic heterocycles. The zero-order valence-electron chi connectivity index (χ0n) is 15.3. The number of hydrogen-bond acceptors (Lipinski definition) is 4. The topological polar surface area (TPSA) is 67.4 Å². The van der Waals surface area contributed by atoms with E-state index in [1.807, 2.05) is 54.6 Å². The van der Waals surface area contributed by atoms with Crippen LogP contribution in [0.3, 0.4) is 0 Å². The van der Waals surface area contributed by atoms with Gasteiger partial charge in [0.25, 0.3) is 5.91 Å². The number of thioether (sulfide) groups is 1. The lowest BCUT2D eigenvalue weighted by Gasteiger charge is -2.09. The first-order chi connectivity index (χ1) is 13.6. The minimum atomic E-state index is -0.220. The molecule has 2 amide bonds. The van der Waals surface area contributed by atoms with Crippen molar-refractivity contribution in [2.24, 2.45) is 0 Å². The number of ether oxygens (including phenoxy) is 1. The maximum atomic E-state index is 12.4. The van der Waals surface area contributed by atoms with Crippen LogP contribution in [0.15, 0.2) is 83.8 Å². The van der Waals surface area contributed by atoms with Crippen LogP contribution in [0.2, 0.25) is 0 Å². The molecule has 0 heterocycles. The van der Waals surface area contributed by atoms with Gasteiger partial charge in [0.15, 0.2) is 0 Å². The zero-order chi connectivity index (χ0) is 19.8. The molecule has 142 valence electrons. The van der Waals surface area contributed by atoms with Gasteiger partial charge in [-0.1, -0.05) is 30.3 Å². The van der Waals surface area contributed by atoms with E-state index in [1.54, 1.807) is 31.4 Å². The van der Waals surface area contributed by atoms with Crippen LogP contribution < -0.4 is 15.4 Å². The molecule has 28 heavy (non-hydrogen) atoms. The summed E-state index contributed by atoms with van der Waals surface area (Å²) >= 11 is 1.41. The molecule has 0 aliphatic rings. The summed E-state index contributed by atoms with van der Waals surface area (Å²) < 4.78 is 5.15. The molecule has 5 nitrogen and oxygen atoms in total. The molecule has 0 radical (unpaired) electrons. The Morgan fingerprint density at radius 1 is 0.857 bits per heavy atom. The third-order valence-corrected chi connectivity index (χ3v) is 4.85. The number of anilines is 2. The fourth-order valence-electron chi connectivity index (χ4n) is 2.50. The minimum absolute atomic E-state index is 0.0815. The molecule has 3 aromatic carbocycles. The zero-order valence-corrected chi connectivity index (χ0v) is 16.2. The second-order valence-electron chi connectivity index (χ2n) is 5.92. The Labute approximate surface area is 168 Å². The van der Waals surface area contributed by atoms with Gasteiger partial charge in [-0.2, -0.15) is 0 Å². The third kappa shape index (κ3) is 5.62. The Morgan fingerprint density at radius 3 is 2.39 bits per heavy atom. The molecule has 0 unspecified atom stereocenters. The van der Waals surface area contributed by atoms with Crippen LogP contribution in [0.4, 0.5) is 11.4 Å². The standard InChI is InChI=1S/C22H20N2O3S/c1-27-19-11-5-7-16(13-19)22(26)24-18-10-6-12-20(14-18)28-15-21(25)23-17-8-3-2-4-9-17/h2-14H,15H2,1H3,(H,23,25)(H,24,26). The summed E-state index contributed by atoms with van der Waals surface area (Å²) in [5.74, 6) is 0.605. The molecule has 2 N–H and O–H groups in total. The third-order valence-electron chi connectivity index (χ3n) is 3.85. The van der Waals surface area contributed by atoms with E-state index >= 15 is 0 Å². The number of nitrogens with one attached hydrogen (secondary N) is 2. The summed E-state index contributed by atoms with van der Waals surface area (Å²) in [6, 6.07) is 23.7. The Balaban J connectivity index is 1.57. The Bertz CT molecular complexity index is 961. The minimum Gasteiger partial charge on any atom is -0.497 e. The van der Waals surface area contributed by atoms with Gasteiger partial charge in [-0.05, 0) is 48.5 Å². The van der Waals surface area contributed by atoms with E-state index in [9.17, 15) is 9.59 Å². The normalized spacial score (nSPS) is 10.2. The number of hydrogen-bond donors (Lipinski definition) is 2. The van der Waals surface area contributed by atoms with Crippen molar-refractivity contribution in [2.75, 3.05) is 23.5 Å². The number of carbonyl (C=O) groups excluding carboxylic acids is 2. The van der Waals surface area contributed by atoms with Gasteiger partial charge in [-0.3, -0.25) is 9.59 Å². The van der Waals surface area contributed by atoms with Crippen LogP contribution in [-0.4, -0.2) is 24.7 Å². The monoisotopic (exact) mass is 392 g/mol. The van der Waals surface area contributed by atoms with Crippen LogP contribution in [0.25, 0.3) is 0 Å². The first kappa shape index (κ1) is 19.5. The van der Waals surface area contributed by atoms with Crippen molar-refractivity contribution in [3.05, 3.63) is 84.4 Å². The SMILES string of the molecule is COc1cccc(C(=O)Nc2cccc(SCC(=O)Nc3ccccc3)c2)c1. The molecule has 0 aromatic heterocycles. The van der Waals surface area contributed by atoms with E-state index in [2.05, 4.69) is 10.6 Å². The van der Waals surface area contributed by atoms with Gasteiger partial charge in [0, 0.05) is 21.8 Å². The van der Waals surface area contributed by atoms with Crippen LogP contribution in [-0.2, 0) is 4.79 Å². The summed E-state index contributed by atoms with van der Waals surface area (Å²) in [6.07, 6.45) is 0. The van der Waals surface area contributed by atoms with Crippen molar-refractivity contribution in [3.63, 3.8) is 0 Å². The molecule has 0 bridgehead atoms. The molecule has 3 aromatic rings. The van der Waals surface area contributed by atoms with Crippen molar-refractivity contribution in [1.29, 1.82) is 0 Å². The predicted octanol–water partition coefficient (Wildman–Crippen LogP) is 4.68. The molecular formula is C22H20N2O3S. The number of para-hydroxylation sites is 1. The van der Waals surface area contributed by atoms with E-state index in [0.717, 1.165) is 10.6 Å². The fraction of sp³-hybridized carbons (Fsp3) is 0.0909.